The summed E-state index contributed by atoms with van der Waals surface area (Å²) in [5.74, 6) is 0.181. The van der Waals surface area contributed by atoms with E-state index in [4.69, 9.17) is 16.1 Å². The fourth-order valence-electron chi connectivity index (χ4n) is 2.62. The Kier molecular flexibility index (Phi) is 4.51. The van der Waals surface area contributed by atoms with Crippen LogP contribution in [-0.4, -0.2) is 28.0 Å². The molecular weight excluding hydrogens is 344 g/mol. The molecule has 3 rings (SSSR count). The number of rotatable bonds is 3. The van der Waals surface area contributed by atoms with Gasteiger partial charge in [0.05, 0.1) is 10.7 Å². The van der Waals surface area contributed by atoms with Gasteiger partial charge in [-0.1, -0.05) is 37.5 Å². The van der Waals surface area contributed by atoms with Gasteiger partial charge in [0.2, 0.25) is 17.7 Å². The van der Waals surface area contributed by atoms with E-state index in [0.29, 0.717) is 17.3 Å². The Morgan fingerprint density at radius 1 is 1.40 bits per heavy atom. The Morgan fingerprint density at radius 2 is 2.16 bits per heavy atom. The largest absolute Gasteiger partial charge is 0.338 e. The van der Waals surface area contributed by atoms with Crippen molar-refractivity contribution in [3.8, 4) is 0 Å². The van der Waals surface area contributed by atoms with Crippen LogP contribution in [0.4, 0.5) is 11.7 Å². The Labute approximate surface area is 150 Å². The third-order valence-corrected chi connectivity index (χ3v) is 4.22. The molecule has 25 heavy (non-hydrogen) atoms. The number of aromatic nitrogens is 2. The maximum Gasteiger partial charge on any atom is 0.250 e. The summed E-state index contributed by atoms with van der Waals surface area (Å²) >= 11 is 5.84. The maximum absolute atomic E-state index is 12.6. The minimum Gasteiger partial charge on any atom is -0.338 e. The lowest BCUT2D eigenvalue weighted by Gasteiger charge is -2.22. The Hall–Kier alpha value is -2.41. The molecule has 2 aromatic rings. The van der Waals surface area contributed by atoms with Crippen molar-refractivity contribution >= 4 is 35.1 Å². The molecule has 0 bridgehead atoms. The van der Waals surface area contributed by atoms with Gasteiger partial charge in [-0.2, -0.15) is 0 Å². The zero-order valence-electron chi connectivity index (χ0n) is 14.2. The van der Waals surface area contributed by atoms with Gasteiger partial charge in [0, 0.05) is 24.1 Å². The van der Waals surface area contributed by atoms with E-state index in [1.54, 1.807) is 18.2 Å². The van der Waals surface area contributed by atoms with Gasteiger partial charge in [0.25, 0.3) is 0 Å². The van der Waals surface area contributed by atoms with Gasteiger partial charge in [0.15, 0.2) is 0 Å². The first-order valence-electron chi connectivity index (χ1n) is 7.97. The summed E-state index contributed by atoms with van der Waals surface area (Å²) in [7, 11) is 0. The van der Waals surface area contributed by atoms with E-state index in [9.17, 15) is 9.59 Å². The molecule has 1 saturated heterocycles. The molecule has 0 saturated carbocycles. The van der Waals surface area contributed by atoms with Gasteiger partial charge in [-0.25, -0.2) is 4.98 Å². The van der Waals surface area contributed by atoms with Crippen LogP contribution in [0.5, 0.6) is 0 Å². The number of carbonyl (C=O) groups excluding carboxylic acids is 2. The average molecular weight is 363 g/mol. The molecule has 3 heterocycles. The number of hydrogen-bond donors (Lipinski definition) is 1. The normalized spacial score (nSPS) is 17.8. The quantitative estimate of drug-likeness (QED) is 0.906. The fraction of sp³-hybridized carbons (Fsp3) is 0.412. The SMILES string of the molecule is CC(C)(C)c1cc(NC(=O)[C@@H]2CCC(=O)N2c2ccc(Cl)cn2)on1. The van der Waals surface area contributed by atoms with Gasteiger partial charge in [-0.05, 0) is 18.6 Å². The predicted octanol–water partition coefficient (Wildman–Crippen LogP) is 3.15. The zero-order valence-corrected chi connectivity index (χ0v) is 15.0. The number of anilines is 2. The highest BCUT2D eigenvalue weighted by Crippen LogP contribution is 2.28. The molecule has 1 atom stereocenters. The summed E-state index contributed by atoms with van der Waals surface area (Å²) in [5, 5.41) is 7.13. The van der Waals surface area contributed by atoms with Crippen molar-refractivity contribution in [2.75, 3.05) is 10.2 Å². The van der Waals surface area contributed by atoms with Crippen molar-refractivity contribution in [1.29, 1.82) is 0 Å². The van der Waals surface area contributed by atoms with Gasteiger partial charge >= 0.3 is 0 Å². The van der Waals surface area contributed by atoms with Gasteiger partial charge in [-0.3, -0.25) is 19.8 Å². The molecule has 0 radical (unpaired) electrons. The van der Waals surface area contributed by atoms with Crippen molar-refractivity contribution < 1.29 is 14.1 Å². The molecule has 0 aliphatic carbocycles. The Balaban J connectivity index is 1.77. The first-order chi connectivity index (χ1) is 11.8. The van der Waals surface area contributed by atoms with Crippen LogP contribution in [0.25, 0.3) is 0 Å². The van der Waals surface area contributed by atoms with E-state index in [-0.39, 0.29) is 29.5 Å². The first kappa shape index (κ1) is 17.4. The highest BCUT2D eigenvalue weighted by Gasteiger charge is 2.38. The topological polar surface area (TPSA) is 88.3 Å². The molecule has 2 amide bonds. The van der Waals surface area contributed by atoms with Crippen molar-refractivity contribution in [2.45, 2.75) is 45.1 Å². The van der Waals surface area contributed by atoms with Crippen molar-refractivity contribution in [2.24, 2.45) is 0 Å². The summed E-state index contributed by atoms with van der Waals surface area (Å²) in [4.78, 5) is 30.4. The second-order valence-electron chi connectivity index (χ2n) is 6.97. The van der Waals surface area contributed by atoms with Crippen molar-refractivity contribution in [3.05, 3.63) is 35.1 Å². The third kappa shape index (κ3) is 3.66. The average Bonchev–Trinajstić information content (AvgIpc) is 3.15. The van der Waals surface area contributed by atoms with Crippen LogP contribution in [0.3, 0.4) is 0 Å². The molecule has 1 aliphatic rings. The smallest absolute Gasteiger partial charge is 0.250 e. The number of nitrogens with one attached hydrogen (secondary N) is 1. The van der Waals surface area contributed by atoms with Crippen LogP contribution < -0.4 is 10.2 Å². The lowest BCUT2D eigenvalue weighted by atomic mass is 9.92. The molecule has 0 aromatic carbocycles. The molecule has 132 valence electrons. The minimum atomic E-state index is -0.649. The summed E-state index contributed by atoms with van der Waals surface area (Å²) < 4.78 is 5.19. The monoisotopic (exact) mass is 362 g/mol. The van der Waals surface area contributed by atoms with Crippen LogP contribution in [0.1, 0.15) is 39.3 Å². The predicted molar refractivity (Wildman–Crippen MR) is 93.6 cm³/mol. The second kappa shape index (κ2) is 6.48. The standard InChI is InChI=1S/C17H19ClN4O3/c1-17(2,3)12-8-14(25-21-12)20-16(24)11-5-7-15(23)22(11)13-6-4-10(18)9-19-13/h4,6,8-9,11H,5,7H2,1-3H3,(H,20,24)/t11-/m0/s1. The lowest BCUT2D eigenvalue weighted by molar-refractivity contribution is -0.120. The highest BCUT2D eigenvalue weighted by molar-refractivity contribution is 6.30. The van der Waals surface area contributed by atoms with Crippen LogP contribution in [0.2, 0.25) is 5.02 Å². The molecule has 8 heteroatoms. The number of pyridine rings is 1. The minimum absolute atomic E-state index is 0.150. The molecule has 2 aromatic heterocycles. The lowest BCUT2D eigenvalue weighted by Crippen LogP contribution is -2.42. The number of halogens is 1. The van der Waals surface area contributed by atoms with Crippen LogP contribution in [0.15, 0.2) is 28.9 Å². The zero-order chi connectivity index (χ0) is 18.2. The van der Waals surface area contributed by atoms with E-state index < -0.39 is 6.04 Å². The number of nitrogens with zero attached hydrogens (tertiary/aromatic N) is 3. The molecule has 1 aliphatic heterocycles. The summed E-state index contributed by atoms with van der Waals surface area (Å²) in [6.07, 6.45) is 2.14. The number of carbonyl (C=O) groups is 2. The van der Waals surface area contributed by atoms with Crippen LogP contribution in [-0.2, 0) is 15.0 Å². The Bertz CT molecular complexity index is 795. The van der Waals surface area contributed by atoms with Crippen molar-refractivity contribution in [3.63, 3.8) is 0 Å². The summed E-state index contributed by atoms with van der Waals surface area (Å²) in [6.45, 7) is 6.00. The third-order valence-electron chi connectivity index (χ3n) is 4.00. The fourth-order valence-corrected chi connectivity index (χ4v) is 2.73. The summed E-state index contributed by atoms with van der Waals surface area (Å²) in [5.41, 5.74) is 0.552. The van der Waals surface area contributed by atoms with E-state index in [0.717, 1.165) is 5.69 Å². The molecular formula is C17H19ClN4O3. The van der Waals surface area contributed by atoms with Crippen LogP contribution in [0, 0.1) is 0 Å². The second-order valence-corrected chi connectivity index (χ2v) is 7.40. The Morgan fingerprint density at radius 3 is 2.76 bits per heavy atom. The molecule has 1 N–H and O–H groups in total. The molecule has 7 nitrogen and oxygen atoms in total. The molecule has 0 unspecified atom stereocenters. The van der Waals surface area contributed by atoms with Gasteiger partial charge in [0.1, 0.15) is 11.9 Å². The summed E-state index contributed by atoms with van der Waals surface area (Å²) in [6, 6.07) is 4.30. The van der Waals surface area contributed by atoms with E-state index >= 15 is 0 Å². The van der Waals surface area contributed by atoms with Crippen LogP contribution >= 0.6 is 11.6 Å². The highest BCUT2D eigenvalue weighted by atomic mass is 35.5. The maximum atomic E-state index is 12.6. The van der Waals surface area contributed by atoms with Crippen molar-refractivity contribution in [1.82, 2.24) is 10.1 Å². The molecule has 0 spiro atoms. The van der Waals surface area contributed by atoms with Gasteiger partial charge < -0.3 is 4.52 Å². The molecule has 1 fully saturated rings. The van der Waals surface area contributed by atoms with E-state index in [1.807, 2.05) is 20.8 Å². The first-order valence-corrected chi connectivity index (χ1v) is 8.35. The van der Waals surface area contributed by atoms with Gasteiger partial charge in [-0.15, -0.1) is 0 Å². The van der Waals surface area contributed by atoms with E-state index in [1.165, 1.54) is 11.1 Å². The van der Waals surface area contributed by atoms with E-state index in [2.05, 4.69) is 15.5 Å². The number of hydrogen-bond acceptors (Lipinski definition) is 5. The number of amides is 2.